The number of nitrogens with zero attached hydrogens (tertiary/aromatic N) is 2. The second-order valence-corrected chi connectivity index (χ2v) is 9.12. The van der Waals surface area contributed by atoms with Crippen molar-refractivity contribution in [2.75, 3.05) is 6.61 Å². The van der Waals surface area contributed by atoms with Crippen molar-refractivity contribution in [1.82, 2.24) is 9.55 Å². The maximum atomic E-state index is 6.04. The van der Waals surface area contributed by atoms with Gasteiger partial charge < -0.3 is 4.74 Å². The molecule has 0 amide bonds. The molecule has 5 heteroatoms. The van der Waals surface area contributed by atoms with Gasteiger partial charge >= 0.3 is 0 Å². The number of aromatic nitrogens is 2. The molecule has 0 aliphatic heterocycles. The molecule has 4 rings (SSSR count). The van der Waals surface area contributed by atoms with E-state index in [9.17, 15) is 0 Å². The number of hydrogen-bond donors (Lipinski definition) is 0. The molecular weight excluding hydrogens is 444 g/mol. The Kier molecular flexibility index (Phi) is 6.36. The number of thiophene rings is 1. The summed E-state index contributed by atoms with van der Waals surface area (Å²) in [6.07, 6.45) is 4.82. The summed E-state index contributed by atoms with van der Waals surface area (Å²) in [5, 5.41) is 2.10. The number of halogens is 1. The lowest BCUT2D eigenvalue weighted by Gasteiger charge is -2.10. The summed E-state index contributed by atoms with van der Waals surface area (Å²) in [7, 11) is 0. The van der Waals surface area contributed by atoms with Crippen LogP contribution in [0.1, 0.15) is 38.2 Å². The molecule has 2 aromatic heterocycles. The minimum atomic E-state index is 0.759. The zero-order valence-corrected chi connectivity index (χ0v) is 19.2. The molecular formula is C24H25BrN2OS. The minimum Gasteiger partial charge on any atom is -0.494 e. The molecule has 0 aliphatic carbocycles. The summed E-state index contributed by atoms with van der Waals surface area (Å²) in [5.74, 6) is 1.86. The van der Waals surface area contributed by atoms with Crippen molar-refractivity contribution in [3.05, 3.63) is 63.9 Å². The third kappa shape index (κ3) is 4.57. The second-order valence-electron chi connectivity index (χ2n) is 7.30. The Morgan fingerprint density at radius 1 is 1.03 bits per heavy atom. The fourth-order valence-electron chi connectivity index (χ4n) is 3.41. The van der Waals surface area contributed by atoms with Gasteiger partial charge in [-0.1, -0.05) is 43.9 Å². The first-order chi connectivity index (χ1) is 14.2. The Balaban J connectivity index is 1.74. The van der Waals surface area contributed by atoms with Crippen LogP contribution in [0.3, 0.4) is 0 Å². The van der Waals surface area contributed by atoms with Gasteiger partial charge in [-0.2, -0.15) is 0 Å². The highest BCUT2D eigenvalue weighted by Gasteiger charge is 2.16. The maximum absolute atomic E-state index is 6.04. The van der Waals surface area contributed by atoms with E-state index in [-0.39, 0.29) is 0 Å². The molecule has 150 valence electrons. The smallest absolute Gasteiger partial charge is 0.155 e. The molecule has 0 saturated heterocycles. The van der Waals surface area contributed by atoms with Gasteiger partial charge in [-0.15, -0.1) is 11.3 Å². The number of hydrogen-bond acceptors (Lipinski definition) is 3. The van der Waals surface area contributed by atoms with Crippen LogP contribution in [0.15, 0.2) is 58.4 Å². The molecule has 2 heterocycles. The number of rotatable bonds is 8. The first-order valence-corrected chi connectivity index (χ1v) is 11.8. The van der Waals surface area contributed by atoms with Crippen LogP contribution >= 0.6 is 27.3 Å². The standard InChI is InChI=1S/C24H25BrN2OS/c1-3-4-5-6-13-28-20-11-12-21-22(15-20)27(19-9-7-17(2)8-10-19)24(26-21)23-14-18(25)16-29-23/h7-12,14-16H,3-6,13H2,1-2H3. The molecule has 0 spiro atoms. The summed E-state index contributed by atoms with van der Waals surface area (Å²) in [6, 6.07) is 16.9. The van der Waals surface area contributed by atoms with E-state index in [2.05, 4.69) is 82.2 Å². The summed E-state index contributed by atoms with van der Waals surface area (Å²) >= 11 is 5.27. The molecule has 4 aromatic rings. The quantitative estimate of drug-likeness (QED) is 0.246. The van der Waals surface area contributed by atoms with Crippen LogP contribution in [-0.4, -0.2) is 16.2 Å². The lowest BCUT2D eigenvalue weighted by Crippen LogP contribution is -1.99. The van der Waals surface area contributed by atoms with Gasteiger partial charge in [0.1, 0.15) is 5.75 Å². The highest BCUT2D eigenvalue weighted by atomic mass is 79.9. The van der Waals surface area contributed by atoms with Crippen LogP contribution in [-0.2, 0) is 0 Å². The third-order valence-corrected chi connectivity index (χ3v) is 6.66. The largest absolute Gasteiger partial charge is 0.494 e. The Bertz CT molecular complexity index is 1100. The van der Waals surface area contributed by atoms with Crippen molar-refractivity contribution in [2.45, 2.75) is 39.5 Å². The molecule has 29 heavy (non-hydrogen) atoms. The fourth-order valence-corrected chi connectivity index (χ4v) is 4.82. The topological polar surface area (TPSA) is 27.1 Å². The van der Waals surface area contributed by atoms with Crippen molar-refractivity contribution in [3.8, 4) is 22.1 Å². The molecule has 0 unspecified atom stereocenters. The molecule has 0 saturated carbocycles. The molecule has 0 N–H and O–H groups in total. The van der Waals surface area contributed by atoms with Gasteiger partial charge in [0.25, 0.3) is 0 Å². The maximum Gasteiger partial charge on any atom is 0.155 e. The van der Waals surface area contributed by atoms with Crippen molar-refractivity contribution >= 4 is 38.3 Å². The molecule has 0 atom stereocenters. The highest BCUT2D eigenvalue weighted by molar-refractivity contribution is 9.10. The third-order valence-electron chi connectivity index (χ3n) is 4.97. The highest BCUT2D eigenvalue weighted by Crippen LogP contribution is 2.35. The minimum absolute atomic E-state index is 0.759. The van der Waals surface area contributed by atoms with Crippen molar-refractivity contribution in [1.29, 1.82) is 0 Å². The Morgan fingerprint density at radius 2 is 1.86 bits per heavy atom. The van der Waals surface area contributed by atoms with E-state index < -0.39 is 0 Å². The Morgan fingerprint density at radius 3 is 2.59 bits per heavy atom. The van der Waals surface area contributed by atoms with Gasteiger partial charge in [-0.05, 0) is 59.6 Å². The van der Waals surface area contributed by atoms with Gasteiger partial charge in [0.15, 0.2) is 5.82 Å². The number of fused-ring (bicyclic) bond motifs is 1. The van der Waals surface area contributed by atoms with Crippen LogP contribution in [0.2, 0.25) is 0 Å². The van der Waals surface area contributed by atoms with Crippen molar-refractivity contribution in [3.63, 3.8) is 0 Å². The zero-order valence-electron chi connectivity index (χ0n) is 16.8. The van der Waals surface area contributed by atoms with Crippen LogP contribution in [0.4, 0.5) is 0 Å². The molecule has 3 nitrogen and oxygen atoms in total. The number of aryl methyl sites for hydroxylation is 1. The van der Waals surface area contributed by atoms with Gasteiger partial charge in [0, 0.05) is 21.6 Å². The first kappa shape index (κ1) is 20.2. The summed E-state index contributed by atoms with van der Waals surface area (Å²) < 4.78 is 9.36. The Labute approximate surface area is 184 Å². The van der Waals surface area contributed by atoms with Gasteiger partial charge in [0.05, 0.1) is 22.5 Å². The Hall–Kier alpha value is -2.11. The van der Waals surface area contributed by atoms with E-state index in [1.54, 1.807) is 11.3 Å². The average molecular weight is 469 g/mol. The second kappa shape index (κ2) is 9.14. The monoisotopic (exact) mass is 468 g/mol. The number of ether oxygens (including phenoxy) is 1. The van der Waals surface area contributed by atoms with E-state index in [1.165, 1.54) is 24.8 Å². The van der Waals surface area contributed by atoms with Crippen LogP contribution in [0, 0.1) is 6.92 Å². The van der Waals surface area contributed by atoms with E-state index in [4.69, 9.17) is 9.72 Å². The summed E-state index contributed by atoms with van der Waals surface area (Å²) in [6.45, 7) is 5.09. The molecule has 0 bridgehead atoms. The predicted octanol–water partition coefficient (Wildman–Crippen LogP) is 7.78. The van der Waals surface area contributed by atoms with E-state index >= 15 is 0 Å². The number of benzene rings is 2. The summed E-state index contributed by atoms with van der Waals surface area (Å²) in [4.78, 5) is 6.09. The van der Waals surface area contributed by atoms with E-state index in [0.717, 1.165) is 50.7 Å². The molecule has 0 radical (unpaired) electrons. The number of unbranched alkanes of at least 4 members (excludes halogenated alkanes) is 3. The molecule has 2 aromatic carbocycles. The van der Waals surface area contributed by atoms with Gasteiger partial charge in [0.2, 0.25) is 0 Å². The first-order valence-electron chi connectivity index (χ1n) is 10.1. The SMILES string of the molecule is CCCCCCOc1ccc2nc(-c3cc(Br)cs3)n(-c3ccc(C)cc3)c2c1. The lowest BCUT2D eigenvalue weighted by molar-refractivity contribution is 0.305. The van der Waals surface area contributed by atoms with Crippen molar-refractivity contribution in [2.24, 2.45) is 0 Å². The lowest BCUT2D eigenvalue weighted by atomic mass is 10.2. The van der Waals surface area contributed by atoms with Gasteiger partial charge in [-0.3, -0.25) is 4.57 Å². The van der Waals surface area contributed by atoms with E-state index in [1.807, 2.05) is 6.07 Å². The van der Waals surface area contributed by atoms with Gasteiger partial charge in [-0.25, -0.2) is 4.98 Å². The predicted molar refractivity (Wildman–Crippen MR) is 126 cm³/mol. The number of imidazole rings is 1. The van der Waals surface area contributed by atoms with Crippen LogP contribution in [0.25, 0.3) is 27.4 Å². The van der Waals surface area contributed by atoms with Crippen molar-refractivity contribution < 1.29 is 4.74 Å². The van der Waals surface area contributed by atoms with E-state index in [0.29, 0.717) is 0 Å². The average Bonchev–Trinajstić information content (AvgIpc) is 3.32. The fraction of sp³-hybridized carbons (Fsp3) is 0.292. The van der Waals surface area contributed by atoms with Crippen LogP contribution < -0.4 is 4.74 Å². The zero-order chi connectivity index (χ0) is 20.2. The van der Waals surface area contributed by atoms with Crippen LogP contribution in [0.5, 0.6) is 5.75 Å². The molecule has 0 aliphatic rings. The normalized spacial score (nSPS) is 11.3. The summed E-state index contributed by atoms with van der Waals surface area (Å²) in [5.41, 5.74) is 4.40. The molecule has 0 fully saturated rings.